The van der Waals surface area contributed by atoms with Crippen LogP contribution in [0.5, 0.6) is 0 Å². The smallest absolute Gasteiger partial charge is 0.315 e. The third-order valence-electron chi connectivity index (χ3n) is 1.29. The van der Waals surface area contributed by atoms with Gasteiger partial charge in [0.1, 0.15) is 0 Å². The molecule has 1 aromatic rings. The Balaban J connectivity index is 2.70. The van der Waals surface area contributed by atoms with Gasteiger partial charge < -0.3 is 4.62 Å². The molecular formula is C7H12IN2O3PS. The molecule has 8 heteroatoms. The van der Waals surface area contributed by atoms with Crippen LogP contribution in [0.25, 0.3) is 0 Å². The lowest BCUT2D eigenvalue weighted by Gasteiger charge is -2.19. The van der Waals surface area contributed by atoms with E-state index in [-0.39, 0.29) is 0 Å². The maximum absolute atomic E-state index is 5.39. The highest BCUT2D eigenvalue weighted by atomic mass is 127. The Morgan fingerprint density at radius 2 is 2.07 bits per heavy atom. The zero-order valence-electron chi connectivity index (χ0n) is 8.42. The molecule has 0 amide bonds. The summed E-state index contributed by atoms with van der Waals surface area (Å²) < 4.78 is 16.9. The van der Waals surface area contributed by atoms with Crippen molar-refractivity contribution in [2.45, 2.75) is 13.8 Å². The summed E-state index contributed by atoms with van der Waals surface area (Å²) in [5.74, 6) is 0. The largest absolute Gasteiger partial charge is 0.402 e. The maximum Gasteiger partial charge on any atom is 0.402 e. The molecule has 0 fully saturated rings. The lowest BCUT2D eigenvalue weighted by Crippen LogP contribution is -2.13. The first-order chi connectivity index (χ1) is 7.09. The first-order valence-electron chi connectivity index (χ1n) is 4.39. The van der Waals surface area contributed by atoms with Gasteiger partial charge in [-0.25, -0.2) is 0 Å². The molecule has 1 aromatic heterocycles. The first kappa shape index (κ1) is 13.4. The maximum atomic E-state index is 5.39. The summed E-state index contributed by atoms with van der Waals surface area (Å²) in [6.07, 6.45) is 3.37. The molecule has 0 bridgehead atoms. The van der Waals surface area contributed by atoms with Gasteiger partial charge in [0.15, 0.2) is 0 Å². The highest BCUT2D eigenvalue weighted by molar-refractivity contribution is 14.1. The molecule has 5 nitrogen and oxygen atoms in total. The molecule has 86 valence electrons. The second kappa shape index (κ2) is 6.15. The molecule has 1 rings (SSSR count). The Morgan fingerprint density at radius 3 is 2.47 bits per heavy atom. The van der Waals surface area contributed by atoms with Gasteiger partial charge in [-0.3, -0.25) is 9.05 Å². The van der Waals surface area contributed by atoms with Crippen molar-refractivity contribution < 1.29 is 13.7 Å². The van der Waals surface area contributed by atoms with Crippen LogP contribution in [0.3, 0.4) is 0 Å². The van der Waals surface area contributed by atoms with Crippen LogP contribution in [0.4, 0.5) is 0 Å². The van der Waals surface area contributed by atoms with Crippen LogP contribution >= 0.6 is 29.3 Å². The predicted molar refractivity (Wildman–Crippen MR) is 69.1 cm³/mol. The molecule has 0 spiro atoms. The third kappa shape index (κ3) is 4.36. The fourth-order valence-electron chi connectivity index (χ4n) is 0.832. The highest BCUT2D eigenvalue weighted by Crippen LogP contribution is 2.45. The zero-order chi connectivity index (χ0) is 11.3. The van der Waals surface area contributed by atoms with E-state index >= 15 is 0 Å². The van der Waals surface area contributed by atoms with Gasteiger partial charge in [0, 0.05) is 11.8 Å². The van der Waals surface area contributed by atoms with Gasteiger partial charge in [-0.2, -0.15) is 0 Å². The van der Waals surface area contributed by atoms with Crippen molar-refractivity contribution in [3.8, 4) is 0 Å². The Bertz CT molecular complexity index is 350. The molecule has 0 aromatic carbocycles. The molecule has 0 N–H and O–H groups in total. The van der Waals surface area contributed by atoms with Crippen molar-refractivity contribution >= 4 is 41.1 Å². The molecule has 15 heavy (non-hydrogen) atoms. The lowest BCUT2D eigenvalue weighted by molar-refractivity contribution is 0.138. The van der Waals surface area contributed by atoms with Crippen LogP contribution in [0.2, 0.25) is 0 Å². The lowest BCUT2D eigenvalue weighted by atomic mass is 10.8. The molecule has 0 saturated carbocycles. The van der Waals surface area contributed by atoms with Crippen molar-refractivity contribution in [1.29, 1.82) is 0 Å². The van der Waals surface area contributed by atoms with E-state index in [4.69, 9.17) is 25.5 Å². The van der Waals surface area contributed by atoms with Crippen LogP contribution in [-0.2, 0) is 20.9 Å². The standard InChI is InChI=1S/C7H12IN2O3PS/c1-3-11-14(15,12-4-2)13-10-6-7(8)5-9-10/h5-6H,3-4H2,1-2H3. The van der Waals surface area contributed by atoms with E-state index in [9.17, 15) is 0 Å². The van der Waals surface area contributed by atoms with Gasteiger partial charge in [0.2, 0.25) is 0 Å². The average molecular weight is 362 g/mol. The quantitative estimate of drug-likeness (QED) is 0.574. The van der Waals surface area contributed by atoms with Crippen LogP contribution in [-0.4, -0.2) is 23.2 Å². The van der Waals surface area contributed by atoms with Crippen molar-refractivity contribution in [2.24, 2.45) is 0 Å². The summed E-state index contributed by atoms with van der Waals surface area (Å²) >= 11 is 7.30. The molecular weight excluding hydrogens is 350 g/mol. The minimum Gasteiger partial charge on any atom is -0.315 e. The fourth-order valence-corrected chi connectivity index (χ4v) is 3.13. The Morgan fingerprint density at radius 1 is 1.47 bits per heavy atom. The summed E-state index contributed by atoms with van der Waals surface area (Å²) in [6, 6.07) is 0. The fraction of sp³-hybridized carbons (Fsp3) is 0.571. The van der Waals surface area contributed by atoms with E-state index in [0.29, 0.717) is 13.2 Å². The topological polar surface area (TPSA) is 45.5 Å². The van der Waals surface area contributed by atoms with E-state index in [1.165, 1.54) is 4.85 Å². The normalized spacial score (nSPS) is 11.7. The number of hydrogen-bond acceptors (Lipinski definition) is 5. The van der Waals surface area contributed by atoms with E-state index < -0.39 is 6.72 Å². The predicted octanol–water partition coefficient (Wildman–Crippen LogP) is 2.21. The Kier molecular flexibility index (Phi) is 5.48. The van der Waals surface area contributed by atoms with Gasteiger partial charge in [-0.05, 0) is 36.4 Å². The summed E-state index contributed by atoms with van der Waals surface area (Å²) in [5.41, 5.74) is 0. The molecule has 0 unspecified atom stereocenters. The van der Waals surface area contributed by atoms with Gasteiger partial charge in [-0.1, -0.05) is 4.85 Å². The van der Waals surface area contributed by atoms with Crippen molar-refractivity contribution in [2.75, 3.05) is 13.2 Å². The average Bonchev–Trinajstić information content (AvgIpc) is 2.51. The van der Waals surface area contributed by atoms with Gasteiger partial charge in [0.25, 0.3) is 0 Å². The van der Waals surface area contributed by atoms with Crippen LogP contribution in [0.15, 0.2) is 12.4 Å². The Hall–Kier alpha value is 0.310. The minimum absolute atomic E-state index is 0.454. The van der Waals surface area contributed by atoms with Crippen LogP contribution in [0.1, 0.15) is 13.8 Å². The summed E-state index contributed by atoms with van der Waals surface area (Å²) in [5, 5.41) is 3.95. The third-order valence-corrected chi connectivity index (χ3v) is 4.19. The van der Waals surface area contributed by atoms with Crippen molar-refractivity contribution in [3.63, 3.8) is 0 Å². The summed E-state index contributed by atoms with van der Waals surface area (Å²) in [7, 11) is 0. The number of nitrogens with zero attached hydrogens (tertiary/aromatic N) is 2. The van der Waals surface area contributed by atoms with Gasteiger partial charge in [-0.15, -0.1) is 5.10 Å². The number of hydrogen-bond donors (Lipinski definition) is 0. The van der Waals surface area contributed by atoms with Crippen LogP contribution < -0.4 is 4.62 Å². The molecule has 0 radical (unpaired) electrons. The Labute approximate surface area is 107 Å². The number of rotatable bonds is 6. The number of halogens is 1. The molecule has 1 heterocycles. The van der Waals surface area contributed by atoms with E-state index in [0.717, 1.165) is 3.57 Å². The van der Waals surface area contributed by atoms with Gasteiger partial charge >= 0.3 is 6.72 Å². The van der Waals surface area contributed by atoms with E-state index in [2.05, 4.69) is 27.7 Å². The molecule has 0 saturated heterocycles. The molecule has 0 aliphatic heterocycles. The zero-order valence-corrected chi connectivity index (χ0v) is 12.3. The van der Waals surface area contributed by atoms with E-state index in [1.54, 1.807) is 12.4 Å². The summed E-state index contributed by atoms with van der Waals surface area (Å²) in [6.45, 7) is 1.90. The summed E-state index contributed by atoms with van der Waals surface area (Å²) in [4.78, 5) is 1.29. The molecule has 0 atom stereocenters. The van der Waals surface area contributed by atoms with Gasteiger partial charge in [0.05, 0.1) is 29.2 Å². The monoisotopic (exact) mass is 362 g/mol. The van der Waals surface area contributed by atoms with Crippen molar-refractivity contribution in [1.82, 2.24) is 9.94 Å². The second-order valence-corrected chi connectivity index (χ2v) is 6.59. The molecule has 0 aliphatic carbocycles. The first-order valence-corrected chi connectivity index (χ1v) is 8.02. The van der Waals surface area contributed by atoms with Crippen LogP contribution in [0, 0.1) is 3.57 Å². The SMILES string of the molecule is CCOP(=S)(OCC)On1cc(I)cn1. The highest BCUT2D eigenvalue weighted by Gasteiger charge is 2.22. The molecule has 0 aliphatic rings. The second-order valence-electron chi connectivity index (χ2n) is 2.43. The van der Waals surface area contributed by atoms with Crippen molar-refractivity contribution in [3.05, 3.63) is 16.0 Å². The van der Waals surface area contributed by atoms with E-state index in [1.807, 2.05) is 13.8 Å². The number of aromatic nitrogens is 2. The minimum atomic E-state index is -2.70.